The fraction of sp³-hybridized carbons (Fsp3) is 0.353. The second kappa shape index (κ2) is 8.66. The second-order valence-electron chi connectivity index (χ2n) is 5.55. The molecule has 2 heterocycles. The fourth-order valence-electron chi connectivity index (χ4n) is 2.48. The van der Waals surface area contributed by atoms with E-state index in [9.17, 15) is 9.18 Å². The van der Waals surface area contributed by atoms with Crippen LogP contribution in [0.15, 0.2) is 36.7 Å². The Balaban J connectivity index is 1.45. The van der Waals surface area contributed by atoms with Gasteiger partial charge in [-0.25, -0.2) is 14.4 Å². The van der Waals surface area contributed by atoms with E-state index in [1.807, 2.05) is 17.8 Å². The van der Waals surface area contributed by atoms with Gasteiger partial charge in [0.05, 0.1) is 0 Å². The third-order valence-corrected chi connectivity index (χ3v) is 4.75. The highest BCUT2D eigenvalue weighted by molar-refractivity contribution is 7.99. The summed E-state index contributed by atoms with van der Waals surface area (Å²) in [4.78, 5) is 22.7. The lowest BCUT2D eigenvalue weighted by Crippen LogP contribution is -2.33. The van der Waals surface area contributed by atoms with Crippen LogP contribution in [0.5, 0.6) is 0 Å². The smallest absolute Gasteiger partial charge is 0.251 e. The van der Waals surface area contributed by atoms with Gasteiger partial charge in [-0.2, -0.15) is 11.8 Å². The van der Waals surface area contributed by atoms with Crippen molar-refractivity contribution < 1.29 is 9.18 Å². The van der Waals surface area contributed by atoms with Crippen LogP contribution in [-0.2, 0) is 0 Å². The highest BCUT2D eigenvalue weighted by atomic mass is 32.2. The van der Waals surface area contributed by atoms with E-state index in [4.69, 9.17) is 0 Å². The first-order valence-corrected chi connectivity index (χ1v) is 9.30. The summed E-state index contributed by atoms with van der Waals surface area (Å²) in [6.07, 6.45) is 1.55. The van der Waals surface area contributed by atoms with E-state index in [-0.39, 0.29) is 11.7 Å². The number of amides is 1. The van der Waals surface area contributed by atoms with E-state index in [0.29, 0.717) is 18.7 Å². The average molecular weight is 361 g/mol. The van der Waals surface area contributed by atoms with Gasteiger partial charge in [0, 0.05) is 49.3 Å². The van der Waals surface area contributed by atoms with E-state index < -0.39 is 0 Å². The summed E-state index contributed by atoms with van der Waals surface area (Å²) < 4.78 is 12.9. The molecule has 3 rings (SSSR count). The molecule has 0 bridgehead atoms. The lowest BCUT2D eigenvalue weighted by atomic mass is 10.2. The molecule has 1 amide bonds. The molecule has 0 unspecified atom stereocenters. The van der Waals surface area contributed by atoms with Gasteiger partial charge in [0.1, 0.15) is 23.8 Å². The van der Waals surface area contributed by atoms with Gasteiger partial charge in [-0.1, -0.05) is 0 Å². The summed E-state index contributed by atoms with van der Waals surface area (Å²) in [5.41, 5.74) is 0.439. The van der Waals surface area contributed by atoms with Crippen molar-refractivity contribution in [1.82, 2.24) is 15.3 Å². The topological polar surface area (TPSA) is 70.2 Å². The van der Waals surface area contributed by atoms with E-state index in [2.05, 4.69) is 25.5 Å². The monoisotopic (exact) mass is 361 g/mol. The minimum Gasteiger partial charge on any atom is -0.368 e. The Bertz CT molecular complexity index is 706. The Hall–Kier alpha value is -2.35. The standard InChI is InChI=1S/C17H20FN5OS/c18-14-3-1-13(2-4-14)17(24)20-6-5-19-15-11-16(22-12-21-15)23-7-9-25-10-8-23/h1-4,11-12H,5-10H2,(H,20,24)(H,19,21,22). The molecule has 1 aromatic heterocycles. The van der Waals surface area contributed by atoms with Crippen LogP contribution in [0.4, 0.5) is 16.0 Å². The zero-order valence-electron chi connectivity index (χ0n) is 13.7. The lowest BCUT2D eigenvalue weighted by Gasteiger charge is -2.27. The molecule has 0 radical (unpaired) electrons. The molecule has 2 aromatic rings. The van der Waals surface area contributed by atoms with Crippen molar-refractivity contribution in [3.63, 3.8) is 0 Å². The predicted molar refractivity (Wildman–Crippen MR) is 98.8 cm³/mol. The number of thioether (sulfide) groups is 1. The van der Waals surface area contributed by atoms with Crippen LogP contribution >= 0.6 is 11.8 Å². The van der Waals surface area contributed by atoms with Gasteiger partial charge in [-0.3, -0.25) is 4.79 Å². The van der Waals surface area contributed by atoms with E-state index in [1.165, 1.54) is 24.3 Å². The first kappa shape index (κ1) is 17.5. The largest absolute Gasteiger partial charge is 0.368 e. The molecule has 8 heteroatoms. The van der Waals surface area contributed by atoms with E-state index in [0.717, 1.165) is 36.2 Å². The maximum absolute atomic E-state index is 12.9. The molecule has 0 atom stereocenters. The highest BCUT2D eigenvalue weighted by Crippen LogP contribution is 2.18. The highest BCUT2D eigenvalue weighted by Gasteiger charge is 2.13. The molecule has 0 saturated carbocycles. The third kappa shape index (κ3) is 5.06. The van der Waals surface area contributed by atoms with Crippen LogP contribution in [0.25, 0.3) is 0 Å². The lowest BCUT2D eigenvalue weighted by molar-refractivity contribution is 0.0955. The molecule has 2 N–H and O–H groups in total. The summed E-state index contributed by atoms with van der Waals surface area (Å²) in [6, 6.07) is 7.40. The minimum absolute atomic E-state index is 0.226. The molecular weight excluding hydrogens is 341 g/mol. The van der Waals surface area contributed by atoms with Crippen molar-refractivity contribution in [2.24, 2.45) is 0 Å². The molecule has 6 nitrogen and oxygen atoms in total. The Labute approximate surface area is 150 Å². The maximum Gasteiger partial charge on any atom is 0.251 e. The summed E-state index contributed by atoms with van der Waals surface area (Å²) >= 11 is 1.95. The molecule has 1 saturated heterocycles. The number of hydrogen-bond donors (Lipinski definition) is 2. The summed E-state index contributed by atoms with van der Waals surface area (Å²) in [5.74, 6) is 3.30. The Morgan fingerprint density at radius 3 is 2.68 bits per heavy atom. The van der Waals surface area contributed by atoms with Crippen LogP contribution in [-0.4, -0.2) is 53.6 Å². The predicted octanol–water partition coefficient (Wildman–Crippen LogP) is 2.01. The molecule has 1 aliphatic rings. The Kier molecular flexibility index (Phi) is 6.05. The number of carbonyl (C=O) groups excluding carboxylic acids is 1. The number of benzene rings is 1. The van der Waals surface area contributed by atoms with Gasteiger partial charge in [0.15, 0.2) is 0 Å². The fourth-order valence-corrected chi connectivity index (χ4v) is 3.38. The molecule has 1 fully saturated rings. The normalized spacial score (nSPS) is 14.2. The maximum atomic E-state index is 12.9. The van der Waals surface area contributed by atoms with Crippen molar-refractivity contribution >= 4 is 29.3 Å². The van der Waals surface area contributed by atoms with Gasteiger partial charge >= 0.3 is 0 Å². The zero-order valence-corrected chi connectivity index (χ0v) is 14.6. The summed E-state index contributed by atoms with van der Waals surface area (Å²) in [7, 11) is 0. The number of anilines is 2. The van der Waals surface area contributed by atoms with Crippen LogP contribution in [0.3, 0.4) is 0 Å². The quantitative estimate of drug-likeness (QED) is 0.767. The molecule has 1 aliphatic heterocycles. The zero-order chi connectivity index (χ0) is 17.5. The third-order valence-electron chi connectivity index (χ3n) is 3.81. The van der Waals surface area contributed by atoms with E-state index >= 15 is 0 Å². The van der Waals surface area contributed by atoms with Gasteiger partial charge < -0.3 is 15.5 Å². The van der Waals surface area contributed by atoms with Gasteiger partial charge in [0.25, 0.3) is 5.91 Å². The number of aromatic nitrogens is 2. The summed E-state index contributed by atoms with van der Waals surface area (Å²) in [6.45, 7) is 2.97. The van der Waals surface area contributed by atoms with Crippen LogP contribution in [0.2, 0.25) is 0 Å². The van der Waals surface area contributed by atoms with Crippen molar-refractivity contribution in [2.45, 2.75) is 0 Å². The average Bonchev–Trinajstić information content (AvgIpc) is 2.66. The molecular formula is C17H20FN5OS. The van der Waals surface area contributed by atoms with Crippen LogP contribution < -0.4 is 15.5 Å². The molecule has 1 aromatic carbocycles. The van der Waals surface area contributed by atoms with Crippen molar-refractivity contribution in [3.05, 3.63) is 48.0 Å². The summed E-state index contributed by atoms with van der Waals surface area (Å²) in [5, 5.41) is 5.97. The van der Waals surface area contributed by atoms with Crippen molar-refractivity contribution in [1.29, 1.82) is 0 Å². The molecule has 132 valence electrons. The SMILES string of the molecule is O=C(NCCNc1cc(N2CCSCC2)ncn1)c1ccc(F)cc1. The first-order valence-electron chi connectivity index (χ1n) is 8.15. The van der Waals surface area contributed by atoms with Gasteiger partial charge in [0.2, 0.25) is 0 Å². The number of nitrogens with zero attached hydrogens (tertiary/aromatic N) is 3. The minimum atomic E-state index is -0.356. The second-order valence-corrected chi connectivity index (χ2v) is 6.78. The molecule has 0 aliphatic carbocycles. The molecule has 0 spiro atoms. The number of rotatable bonds is 6. The van der Waals surface area contributed by atoms with Crippen LogP contribution in [0.1, 0.15) is 10.4 Å². The van der Waals surface area contributed by atoms with Gasteiger partial charge in [-0.05, 0) is 24.3 Å². The number of nitrogens with one attached hydrogen (secondary N) is 2. The van der Waals surface area contributed by atoms with Gasteiger partial charge in [-0.15, -0.1) is 0 Å². The Morgan fingerprint density at radius 1 is 1.16 bits per heavy atom. The van der Waals surface area contributed by atoms with Crippen LogP contribution in [0, 0.1) is 5.82 Å². The number of hydrogen-bond acceptors (Lipinski definition) is 6. The number of halogens is 1. The first-order chi connectivity index (χ1) is 12.2. The van der Waals surface area contributed by atoms with Crippen molar-refractivity contribution in [3.8, 4) is 0 Å². The van der Waals surface area contributed by atoms with Crippen molar-refractivity contribution in [2.75, 3.05) is 47.9 Å². The van der Waals surface area contributed by atoms with E-state index in [1.54, 1.807) is 6.33 Å². The number of carbonyl (C=O) groups is 1. The molecule has 25 heavy (non-hydrogen) atoms. The Morgan fingerprint density at radius 2 is 1.92 bits per heavy atom.